The predicted octanol–water partition coefficient (Wildman–Crippen LogP) is 1.35. The zero-order valence-corrected chi connectivity index (χ0v) is 12.4. The van der Waals surface area contributed by atoms with E-state index in [2.05, 4.69) is 24.3 Å². The largest absolute Gasteiger partial charge is 0.353 e. The molecule has 0 aromatic rings. The van der Waals surface area contributed by atoms with E-state index in [-0.39, 0.29) is 11.8 Å². The van der Waals surface area contributed by atoms with Crippen LogP contribution >= 0.6 is 0 Å². The summed E-state index contributed by atoms with van der Waals surface area (Å²) >= 11 is 0. The third-order valence-electron chi connectivity index (χ3n) is 5.02. The van der Waals surface area contributed by atoms with Crippen molar-refractivity contribution in [1.82, 2.24) is 10.2 Å². The molecule has 0 spiro atoms. The summed E-state index contributed by atoms with van der Waals surface area (Å²) < 4.78 is 0. The number of hydrogen-bond acceptors (Lipinski definition) is 3. The fourth-order valence-electron chi connectivity index (χ4n) is 3.74. The first-order valence-corrected chi connectivity index (χ1v) is 7.78. The van der Waals surface area contributed by atoms with Crippen molar-refractivity contribution in [3.63, 3.8) is 0 Å². The molecule has 0 aromatic carbocycles. The van der Waals surface area contributed by atoms with Gasteiger partial charge in [-0.15, -0.1) is 0 Å². The molecule has 4 atom stereocenters. The molecule has 2 aliphatic rings. The number of hydrogen-bond donors (Lipinski definition) is 2. The molecule has 0 bridgehead atoms. The molecule has 4 heteroatoms. The molecule has 4 nitrogen and oxygen atoms in total. The topological polar surface area (TPSA) is 58.4 Å². The summed E-state index contributed by atoms with van der Waals surface area (Å²) in [6, 6.07) is 0.987. The maximum absolute atomic E-state index is 12.4. The van der Waals surface area contributed by atoms with E-state index >= 15 is 0 Å². The van der Waals surface area contributed by atoms with E-state index in [0.29, 0.717) is 24.5 Å². The monoisotopic (exact) mass is 267 g/mol. The van der Waals surface area contributed by atoms with Gasteiger partial charge in [-0.2, -0.15) is 0 Å². The van der Waals surface area contributed by atoms with Crippen molar-refractivity contribution in [1.29, 1.82) is 0 Å². The zero-order chi connectivity index (χ0) is 13.8. The van der Waals surface area contributed by atoms with Gasteiger partial charge in [0.05, 0.1) is 0 Å². The number of nitrogens with zero attached hydrogens (tertiary/aromatic N) is 1. The molecule has 2 unspecified atom stereocenters. The molecular weight excluding hydrogens is 238 g/mol. The second-order valence-corrected chi connectivity index (χ2v) is 6.52. The van der Waals surface area contributed by atoms with E-state index in [9.17, 15) is 4.79 Å². The van der Waals surface area contributed by atoms with Crippen LogP contribution in [0.1, 0.15) is 44.9 Å². The van der Waals surface area contributed by atoms with Crippen LogP contribution in [0.3, 0.4) is 0 Å². The minimum Gasteiger partial charge on any atom is -0.353 e. The lowest BCUT2D eigenvalue weighted by atomic mass is 9.89. The second-order valence-electron chi connectivity index (χ2n) is 6.52. The lowest BCUT2D eigenvalue weighted by molar-refractivity contribution is -0.127. The van der Waals surface area contributed by atoms with Gasteiger partial charge in [-0.3, -0.25) is 4.79 Å². The van der Waals surface area contributed by atoms with Crippen molar-refractivity contribution in [3.8, 4) is 0 Å². The average molecular weight is 267 g/mol. The van der Waals surface area contributed by atoms with Crippen LogP contribution < -0.4 is 11.1 Å². The highest BCUT2D eigenvalue weighted by atomic mass is 16.2. The van der Waals surface area contributed by atoms with E-state index in [1.807, 2.05) is 0 Å². The Morgan fingerprint density at radius 3 is 2.63 bits per heavy atom. The van der Waals surface area contributed by atoms with Crippen molar-refractivity contribution in [2.75, 3.05) is 20.6 Å². The number of nitrogens with two attached hydrogens (primary N) is 1. The molecule has 0 aromatic heterocycles. The molecule has 2 saturated carbocycles. The molecule has 0 saturated heterocycles. The van der Waals surface area contributed by atoms with Crippen molar-refractivity contribution >= 4 is 5.91 Å². The van der Waals surface area contributed by atoms with E-state index < -0.39 is 0 Å². The Labute approximate surface area is 117 Å². The first-order chi connectivity index (χ1) is 9.11. The van der Waals surface area contributed by atoms with Crippen LogP contribution in [0, 0.1) is 11.8 Å². The van der Waals surface area contributed by atoms with Crippen molar-refractivity contribution in [2.45, 2.75) is 57.0 Å². The Morgan fingerprint density at radius 2 is 1.95 bits per heavy atom. The first-order valence-electron chi connectivity index (χ1n) is 7.78. The van der Waals surface area contributed by atoms with Crippen LogP contribution in [0.5, 0.6) is 0 Å². The van der Waals surface area contributed by atoms with Crippen LogP contribution in [0.25, 0.3) is 0 Å². The summed E-state index contributed by atoms with van der Waals surface area (Å²) in [4.78, 5) is 14.7. The zero-order valence-electron chi connectivity index (χ0n) is 12.4. The van der Waals surface area contributed by atoms with Crippen LogP contribution in [0.15, 0.2) is 0 Å². The SMILES string of the molecule is CN(C)C1CCCC(NC(=O)[C@@H]2CCC[C@@H]2CN)C1. The van der Waals surface area contributed by atoms with E-state index in [4.69, 9.17) is 5.73 Å². The third kappa shape index (κ3) is 3.69. The van der Waals surface area contributed by atoms with Crippen molar-refractivity contribution in [2.24, 2.45) is 17.6 Å². The molecule has 0 heterocycles. The minimum absolute atomic E-state index is 0.171. The number of rotatable bonds is 4. The summed E-state index contributed by atoms with van der Waals surface area (Å²) in [5.41, 5.74) is 5.77. The van der Waals surface area contributed by atoms with Crippen LogP contribution in [-0.2, 0) is 4.79 Å². The van der Waals surface area contributed by atoms with Gasteiger partial charge in [0.2, 0.25) is 5.91 Å². The molecule has 0 radical (unpaired) electrons. The summed E-state index contributed by atoms with van der Waals surface area (Å²) in [6.45, 7) is 0.656. The quantitative estimate of drug-likeness (QED) is 0.808. The average Bonchev–Trinajstić information content (AvgIpc) is 2.87. The highest BCUT2D eigenvalue weighted by Gasteiger charge is 2.33. The predicted molar refractivity (Wildman–Crippen MR) is 77.8 cm³/mol. The molecule has 110 valence electrons. The molecule has 2 rings (SSSR count). The van der Waals surface area contributed by atoms with Gasteiger partial charge in [0.25, 0.3) is 0 Å². The van der Waals surface area contributed by atoms with Crippen LogP contribution in [0.2, 0.25) is 0 Å². The summed E-state index contributed by atoms with van der Waals surface area (Å²) in [7, 11) is 4.27. The van der Waals surface area contributed by atoms with Gasteiger partial charge < -0.3 is 16.0 Å². The molecule has 0 aliphatic heterocycles. The van der Waals surface area contributed by atoms with Crippen LogP contribution in [0.4, 0.5) is 0 Å². The van der Waals surface area contributed by atoms with Crippen LogP contribution in [-0.4, -0.2) is 43.5 Å². The Balaban J connectivity index is 1.84. The van der Waals surface area contributed by atoms with Gasteiger partial charge in [0.1, 0.15) is 0 Å². The maximum atomic E-state index is 12.4. The first kappa shape index (κ1) is 14.8. The van der Waals surface area contributed by atoms with Gasteiger partial charge >= 0.3 is 0 Å². The number of nitrogens with one attached hydrogen (secondary N) is 1. The lowest BCUT2D eigenvalue weighted by Crippen LogP contribution is -2.46. The minimum atomic E-state index is 0.171. The van der Waals surface area contributed by atoms with E-state index in [0.717, 1.165) is 32.1 Å². The second kappa shape index (κ2) is 6.71. The molecule has 1 amide bonds. The van der Waals surface area contributed by atoms with Crippen molar-refractivity contribution < 1.29 is 4.79 Å². The number of carbonyl (C=O) groups excluding carboxylic acids is 1. The van der Waals surface area contributed by atoms with E-state index in [1.54, 1.807) is 0 Å². The van der Waals surface area contributed by atoms with E-state index in [1.165, 1.54) is 12.8 Å². The van der Waals surface area contributed by atoms with Gasteiger partial charge in [-0.1, -0.05) is 6.42 Å². The normalized spacial score (nSPS) is 35.6. The lowest BCUT2D eigenvalue weighted by Gasteiger charge is -2.34. The maximum Gasteiger partial charge on any atom is 0.223 e. The standard InChI is InChI=1S/C15H29N3O/c1-18(2)13-7-4-6-12(9-13)17-15(19)14-8-3-5-11(14)10-16/h11-14H,3-10,16H2,1-2H3,(H,17,19)/t11-,12?,13?,14-/m1/s1. The highest BCUT2D eigenvalue weighted by molar-refractivity contribution is 5.79. The fourth-order valence-corrected chi connectivity index (χ4v) is 3.74. The Kier molecular flexibility index (Phi) is 5.22. The molecular formula is C15H29N3O. The molecule has 3 N–H and O–H groups in total. The Morgan fingerprint density at radius 1 is 1.21 bits per heavy atom. The molecule has 19 heavy (non-hydrogen) atoms. The molecule has 2 aliphatic carbocycles. The van der Waals surface area contributed by atoms with Gasteiger partial charge in [-0.05, 0) is 65.1 Å². The van der Waals surface area contributed by atoms with Gasteiger partial charge in [-0.25, -0.2) is 0 Å². The summed E-state index contributed by atoms with van der Waals surface area (Å²) in [5.74, 6) is 0.843. The Hall–Kier alpha value is -0.610. The summed E-state index contributed by atoms with van der Waals surface area (Å²) in [5, 5.41) is 3.29. The third-order valence-corrected chi connectivity index (χ3v) is 5.02. The van der Waals surface area contributed by atoms with Crippen molar-refractivity contribution in [3.05, 3.63) is 0 Å². The Bertz CT molecular complexity index is 306. The van der Waals surface area contributed by atoms with Gasteiger partial charge in [0, 0.05) is 18.0 Å². The fraction of sp³-hybridized carbons (Fsp3) is 0.933. The molecule has 2 fully saturated rings. The smallest absolute Gasteiger partial charge is 0.223 e. The number of carbonyl (C=O) groups is 1. The summed E-state index contributed by atoms with van der Waals surface area (Å²) in [6.07, 6.45) is 8.02. The van der Waals surface area contributed by atoms with Gasteiger partial charge in [0.15, 0.2) is 0 Å². The highest BCUT2D eigenvalue weighted by Crippen LogP contribution is 2.31. The number of amides is 1.